The van der Waals surface area contributed by atoms with Gasteiger partial charge in [0.15, 0.2) is 17.1 Å². The van der Waals surface area contributed by atoms with Gasteiger partial charge in [-0.1, -0.05) is 11.8 Å². The highest BCUT2D eigenvalue weighted by Crippen LogP contribution is 2.51. The lowest BCUT2D eigenvalue weighted by Crippen LogP contribution is -2.44. The van der Waals surface area contributed by atoms with E-state index in [9.17, 15) is 24.4 Å². The molecular formula is C22H29N4O8PS. The number of hydrogen-bond donors (Lipinski definition) is 2. The van der Waals surface area contributed by atoms with Gasteiger partial charge >= 0.3 is 7.75 Å². The van der Waals surface area contributed by atoms with E-state index >= 15 is 0 Å². The number of carbonyl (C=O) groups is 2. The van der Waals surface area contributed by atoms with Gasteiger partial charge in [-0.3, -0.25) is 18.6 Å². The number of nitrogens with zero attached hydrogens (tertiary/aromatic N) is 4. The zero-order valence-electron chi connectivity index (χ0n) is 20.4. The minimum atomic E-state index is -3.75. The summed E-state index contributed by atoms with van der Waals surface area (Å²) in [6.07, 6.45) is 2.79. The minimum absolute atomic E-state index is 0.0182. The van der Waals surface area contributed by atoms with Gasteiger partial charge in [-0.25, -0.2) is 19.2 Å². The zero-order valence-corrected chi connectivity index (χ0v) is 22.1. The Morgan fingerprint density at radius 3 is 2.81 bits per heavy atom. The molecule has 0 bridgehead atoms. The van der Waals surface area contributed by atoms with Crippen LogP contribution in [0.1, 0.15) is 31.3 Å². The molecule has 2 aliphatic rings. The van der Waals surface area contributed by atoms with Gasteiger partial charge in [0.25, 0.3) is 0 Å². The lowest BCUT2D eigenvalue weighted by atomic mass is 9.96. The fraction of sp³-hybridized carbons (Fsp3) is 0.545. The molecule has 1 aliphatic carbocycles. The van der Waals surface area contributed by atoms with Crippen molar-refractivity contribution < 1.29 is 38.2 Å². The zero-order chi connectivity index (χ0) is 26.3. The average Bonchev–Trinajstić information content (AvgIpc) is 3.22. The Bertz CT molecular complexity index is 1250. The predicted octanol–water partition coefficient (Wildman–Crippen LogP) is 1.56. The van der Waals surface area contributed by atoms with Crippen molar-refractivity contribution in [2.45, 2.75) is 44.3 Å². The Balaban J connectivity index is 1.54. The van der Waals surface area contributed by atoms with Crippen molar-refractivity contribution in [3.8, 4) is 0 Å². The number of ketones is 1. The van der Waals surface area contributed by atoms with Crippen LogP contribution in [0.5, 0.6) is 0 Å². The van der Waals surface area contributed by atoms with Crippen LogP contribution in [-0.4, -0.2) is 91.2 Å². The monoisotopic (exact) mass is 540 g/mol. The van der Waals surface area contributed by atoms with Crippen LogP contribution in [0.15, 0.2) is 18.6 Å². The van der Waals surface area contributed by atoms with Gasteiger partial charge in [0.2, 0.25) is 0 Å². The number of thioether (sulfide) groups is 1. The lowest BCUT2D eigenvalue weighted by molar-refractivity contribution is -0.114. The molecule has 2 N–H and O–H groups in total. The van der Waals surface area contributed by atoms with Gasteiger partial charge in [-0.2, -0.15) is 0 Å². The van der Waals surface area contributed by atoms with Crippen LogP contribution in [-0.2, 0) is 34.4 Å². The third-order valence-corrected chi connectivity index (χ3v) is 8.79. The van der Waals surface area contributed by atoms with Crippen LogP contribution >= 0.6 is 19.5 Å². The number of carbonyl (C=O) groups excluding carboxylic acids is 2. The van der Waals surface area contributed by atoms with Crippen molar-refractivity contribution in [1.82, 2.24) is 19.2 Å². The van der Waals surface area contributed by atoms with E-state index in [0.717, 1.165) is 11.8 Å². The first-order valence-electron chi connectivity index (χ1n) is 11.3. The van der Waals surface area contributed by atoms with Gasteiger partial charge < -0.3 is 19.5 Å². The van der Waals surface area contributed by atoms with E-state index in [-0.39, 0.29) is 30.5 Å². The molecule has 2 aromatic rings. The highest BCUT2D eigenvalue weighted by Gasteiger charge is 2.54. The van der Waals surface area contributed by atoms with E-state index in [0.29, 0.717) is 28.0 Å². The first-order valence-corrected chi connectivity index (χ1v) is 13.7. The SMILES string of the molecule is CC(=O)SCCOP(=O)(OC[C@H]1O[C@@H](n2cc3c4c(ncnc42)CC(=O)C=C3)[C@](C)(O)[C@@H]1O)N(C)C. The van der Waals surface area contributed by atoms with Crippen LogP contribution in [0.4, 0.5) is 0 Å². The molecule has 14 heteroatoms. The highest BCUT2D eigenvalue weighted by atomic mass is 32.2. The molecule has 0 aromatic carbocycles. The summed E-state index contributed by atoms with van der Waals surface area (Å²) in [5.41, 5.74) is -0.0610. The molecule has 3 heterocycles. The molecule has 12 nitrogen and oxygen atoms in total. The van der Waals surface area contributed by atoms with Crippen molar-refractivity contribution in [1.29, 1.82) is 0 Å². The van der Waals surface area contributed by atoms with Crippen LogP contribution in [0.2, 0.25) is 0 Å². The Morgan fingerprint density at radius 1 is 1.36 bits per heavy atom. The van der Waals surface area contributed by atoms with E-state index in [1.807, 2.05) is 0 Å². The highest BCUT2D eigenvalue weighted by molar-refractivity contribution is 8.13. The van der Waals surface area contributed by atoms with Gasteiger partial charge in [0.1, 0.15) is 29.8 Å². The van der Waals surface area contributed by atoms with E-state index in [1.165, 1.54) is 45.0 Å². The summed E-state index contributed by atoms with van der Waals surface area (Å²) in [5, 5.41) is 22.7. The second kappa shape index (κ2) is 10.4. The number of rotatable bonds is 9. The summed E-state index contributed by atoms with van der Waals surface area (Å²) in [5.74, 6) is 0.227. The summed E-state index contributed by atoms with van der Waals surface area (Å²) >= 11 is 1.04. The van der Waals surface area contributed by atoms with Crippen molar-refractivity contribution in [2.75, 3.05) is 33.1 Å². The Labute approximate surface area is 212 Å². The molecule has 0 spiro atoms. The topological polar surface area (TPSA) is 153 Å². The quantitative estimate of drug-likeness (QED) is 0.350. The number of aliphatic hydroxyl groups is 2. The molecular weight excluding hydrogens is 511 g/mol. The smallest absolute Gasteiger partial charge is 0.387 e. The average molecular weight is 541 g/mol. The molecule has 1 fully saturated rings. The molecule has 1 saturated heterocycles. The number of hydrogen-bond acceptors (Lipinski definition) is 11. The van der Waals surface area contributed by atoms with Crippen molar-refractivity contribution in [3.05, 3.63) is 29.9 Å². The van der Waals surface area contributed by atoms with Crippen molar-refractivity contribution in [2.24, 2.45) is 0 Å². The number of aromatic nitrogens is 3. The third-order valence-electron chi connectivity index (χ3n) is 6.05. The molecule has 196 valence electrons. The van der Waals surface area contributed by atoms with Crippen LogP contribution < -0.4 is 0 Å². The maximum absolute atomic E-state index is 13.2. The number of aliphatic hydroxyl groups excluding tert-OH is 1. The Morgan fingerprint density at radius 2 is 2.11 bits per heavy atom. The number of allylic oxidation sites excluding steroid dienone is 1. The molecule has 1 unspecified atom stereocenters. The Hall–Kier alpha value is -1.96. The molecule has 0 amide bonds. The normalized spacial score (nSPS) is 27.5. The fourth-order valence-corrected chi connectivity index (χ4v) is 5.95. The third kappa shape index (κ3) is 5.20. The Kier molecular flexibility index (Phi) is 7.84. The molecule has 4 rings (SSSR count). The molecule has 36 heavy (non-hydrogen) atoms. The molecule has 1 aliphatic heterocycles. The summed E-state index contributed by atoms with van der Waals surface area (Å²) in [6, 6.07) is 0. The van der Waals surface area contributed by atoms with Crippen LogP contribution in [0.25, 0.3) is 17.1 Å². The standard InChI is InChI=1S/C22H29N4O8PS/c1-13(27)36-8-7-32-35(31,25(3)4)33-11-17-19(29)22(2,30)21(34-17)26-10-14-5-6-15(28)9-16-18(14)20(26)24-12-23-16/h5-6,10,12,17,19,21,29-30H,7-9,11H2,1-4H3/t17-,19-,21-,22-,35?/m1/s1. The first-order chi connectivity index (χ1) is 16.9. The largest absolute Gasteiger partial charge is 0.407 e. The van der Waals surface area contributed by atoms with Crippen LogP contribution in [0, 0.1) is 0 Å². The summed E-state index contributed by atoms with van der Waals surface area (Å²) in [6.45, 7) is 2.55. The van der Waals surface area contributed by atoms with E-state index in [1.54, 1.807) is 16.8 Å². The summed E-state index contributed by atoms with van der Waals surface area (Å²) in [7, 11) is -0.696. The predicted molar refractivity (Wildman–Crippen MR) is 132 cm³/mol. The summed E-state index contributed by atoms with van der Waals surface area (Å²) < 4.78 is 33.1. The molecule has 5 atom stereocenters. The van der Waals surface area contributed by atoms with Crippen LogP contribution in [0.3, 0.4) is 0 Å². The van der Waals surface area contributed by atoms with E-state index in [4.69, 9.17) is 13.8 Å². The van der Waals surface area contributed by atoms with Crippen molar-refractivity contribution >= 4 is 47.5 Å². The van der Waals surface area contributed by atoms with Gasteiger partial charge in [0.05, 0.1) is 25.3 Å². The number of ether oxygens (including phenoxy) is 1. The van der Waals surface area contributed by atoms with Gasteiger partial charge in [-0.15, -0.1) is 0 Å². The minimum Gasteiger partial charge on any atom is -0.387 e. The molecule has 0 saturated carbocycles. The fourth-order valence-electron chi connectivity index (χ4n) is 4.18. The van der Waals surface area contributed by atoms with E-state index in [2.05, 4.69) is 9.97 Å². The van der Waals surface area contributed by atoms with Crippen molar-refractivity contribution in [3.63, 3.8) is 0 Å². The maximum Gasteiger partial charge on any atom is 0.407 e. The molecule has 0 radical (unpaired) electrons. The lowest BCUT2D eigenvalue weighted by Gasteiger charge is -2.28. The molecule has 2 aromatic heterocycles. The first kappa shape index (κ1) is 27.1. The second-order valence-electron chi connectivity index (χ2n) is 8.97. The van der Waals surface area contributed by atoms with E-state index < -0.39 is 31.8 Å². The summed E-state index contributed by atoms with van der Waals surface area (Å²) in [4.78, 5) is 31.7. The van der Waals surface area contributed by atoms with Gasteiger partial charge in [-0.05, 0) is 33.2 Å². The second-order valence-corrected chi connectivity index (χ2v) is 12.5. The van der Waals surface area contributed by atoms with Gasteiger partial charge in [0, 0.05) is 29.8 Å². The maximum atomic E-state index is 13.2.